The summed E-state index contributed by atoms with van der Waals surface area (Å²) in [6.07, 6.45) is -0.296. The Balaban J connectivity index is 1.32. The lowest BCUT2D eigenvalue weighted by molar-refractivity contribution is 0.666. The van der Waals surface area contributed by atoms with Crippen molar-refractivity contribution in [3.63, 3.8) is 0 Å². The van der Waals surface area contributed by atoms with Gasteiger partial charge in [0.1, 0.15) is 34.3 Å². The number of fused-ring (bicyclic) bond motifs is 6. The summed E-state index contributed by atoms with van der Waals surface area (Å²) >= 11 is 0. The summed E-state index contributed by atoms with van der Waals surface area (Å²) in [5.74, 6) is 1.42. The molecule has 0 amide bonds. The maximum absolute atomic E-state index is 6.51. The fourth-order valence-corrected chi connectivity index (χ4v) is 6.32. The van der Waals surface area contributed by atoms with Crippen LogP contribution in [0.1, 0.15) is 22.9 Å². The summed E-state index contributed by atoms with van der Waals surface area (Å²) in [7, 11) is 0. The average Bonchev–Trinajstić information content (AvgIpc) is 3.67. The first-order valence-corrected chi connectivity index (χ1v) is 14.7. The van der Waals surface area contributed by atoms with Crippen LogP contribution < -0.4 is 5.32 Å². The summed E-state index contributed by atoms with van der Waals surface area (Å²) in [6, 6.07) is 47.4. The Bertz CT molecular complexity index is 2420. The lowest BCUT2D eigenvalue weighted by atomic mass is 9.93. The molecule has 1 N–H and O–H groups in total. The molecule has 1 aliphatic heterocycles. The number of aliphatic imine (C=N–C) groups is 2. The van der Waals surface area contributed by atoms with Gasteiger partial charge in [-0.1, -0.05) is 109 Å². The minimum absolute atomic E-state index is 0.296. The van der Waals surface area contributed by atoms with Crippen LogP contribution >= 0.6 is 0 Å². The standard InChI is InChI=1S/C39H25N3O2/c1-3-12-24(13-4-1)37-40-38(25-14-5-2-6-15-25)42-39(41-37)26-22-30(36-29-17-8-10-20-32(29)44-34(36)23-26)27-18-11-21-33-35(27)28-16-7-9-19-31(28)43-33/h1-23,37H,(H,40,41,42). The second-order valence-corrected chi connectivity index (χ2v) is 11.0. The Kier molecular flexibility index (Phi) is 5.50. The average molecular weight is 568 g/mol. The van der Waals surface area contributed by atoms with Gasteiger partial charge in [-0.25, -0.2) is 9.98 Å². The molecule has 1 atom stereocenters. The first kappa shape index (κ1) is 24.6. The van der Waals surface area contributed by atoms with E-state index in [1.54, 1.807) is 0 Å². The van der Waals surface area contributed by atoms with E-state index in [-0.39, 0.29) is 6.17 Å². The van der Waals surface area contributed by atoms with Gasteiger partial charge in [0.05, 0.1) is 0 Å². The number of furan rings is 2. The molecule has 1 unspecified atom stereocenters. The van der Waals surface area contributed by atoms with Gasteiger partial charge in [-0.2, -0.15) is 0 Å². The molecule has 0 radical (unpaired) electrons. The fourth-order valence-electron chi connectivity index (χ4n) is 6.32. The first-order chi connectivity index (χ1) is 21.8. The maximum atomic E-state index is 6.51. The van der Waals surface area contributed by atoms with Gasteiger partial charge in [-0.05, 0) is 47.0 Å². The highest BCUT2D eigenvalue weighted by molar-refractivity contribution is 6.22. The van der Waals surface area contributed by atoms with Gasteiger partial charge in [-0.3, -0.25) is 0 Å². The highest BCUT2D eigenvalue weighted by atomic mass is 16.3. The summed E-state index contributed by atoms with van der Waals surface area (Å²) in [5.41, 5.74) is 8.45. The van der Waals surface area contributed by atoms with Crippen molar-refractivity contribution in [2.45, 2.75) is 6.17 Å². The molecule has 1 aliphatic rings. The van der Waals surface area contributed by atoms with Crippen LogP contribution in [0.15, 0.2) is 158 Å². The number of nitrogens with one attached hydrogen (secondary N) is 1. The monoisotopic (exact) mass is 567 g/mol. The van der Waals surface area contributed by atoms with Crippen molar-refractivity contribution >= 4 is 55.5 Å². The van der Waals surface area contributed by atoms with Gasteiger partial charge in [0.2, 0.25) is 0 Å². The van der Waals surface area contributed by atoms with E-state index in [2.05, 4.69) is 66.0 Å². The number of nitrogens with zero attached hydrogens (tertiary/aromatic N) is 2. The van der Waals surface area contributed by atoms with E-state index in [4.69, 9.17) is 18.8 Å². The predicted octanol–water partition coefficient (Wildman–Crippen LogP) is 9.65. The minimum Gasteiger partial charge on any atom is -0.456 e. The molecular weight excluding hydrogens is 542 g/mol. The molecule has 208 valence electrons. The second kappa shape index (κ2) is 9.82. The minimum atomic E-state index is -0.296. The van der Waals surface area contributed by atoms with Crippen molar-refractivity contribution in [2.75, 3.05) is 0 Å². The number of amidine groups is 2. The topological polar surface area (TPSA) is 63.0 Å². The molecule has 0 saturated carbocycles. The predicted molar refractivity (Wildman–Crippen MR) is 178 cm³/mol. The number of hydrogen-bond acceptors (Lipinski definition) is 5. The van der Waals surface area contributed by atoms with Gasteiger partial charge in [0.25, 0.3) is 0 Å². The molecular formula is C39H25N3O2. The lowest BCUT2D eigenvalue weighted by Gasteiger charge is -2.24. The van der Waals surface area contributed by atoms with Gasteiger partial charge in [0, 0.05) is 32.7 Å². The van der Waals surface area contributed by atoms with Crippen molar-refractivity contribution in [1.82, 2.24) is 5.32 Å². The van der Waals surface area contributed by atoms with Crippen LogP contribution in [0.3, 0.4) is 0 Å². The summed E-state index contributed by atoms with van der Waals surface area (Å²) < 4.78 is 12.8. The summed E-state index contributed by atoms with van der Waals surface area (Å²) in [6.45, 7) is 0. The highest BCUT2D eigenvalue weighted by Gasteiger charge is 2.24. The molecule has 2 aromatic heterocycles. The van der Waals surface area contributed by atoms with Crippen LogP contribution in [0.4, 0.5) is 0 Å². The number of benzene rings is 6. The van der Waals surface area contributed by atoms with E-state index < -0.39 is 0 Å². The Labute approximate surface area is 252 Å². The molecule has 0 bridgehead atoms. The van der Waals surface area contributed by atoms with Crippen molar-refractivity contribution in [3.05, 3.63) is 156 Å². The summed E-state index contributed by atoms with van der Waals surface area (Å²) in [4.78, 5) is 10.1. The zero-order chi connectivity index (χ0) is 29.0. The van der Waals surface area contributed by atoms with Gasteiger partial charge in [0.15, 0.2) is 5.84 Å². The van der Waals surface area contributed by atoms with Gasteiger partial charge >= 0.3 is 0 Å². The van der Waals surface area contributed by atoms with Gasteiger partial charge < -0.3 is 14.2 Å². The molecule has 0 spiro atoms. The molecule has 5 heteroatoms. The quantitative estimate of drug-likeness (QED) is 0.230. The molecule has 5 nitrogen and oxygen atoms in total. The van der Waals surface area contributed by atoms with E-state index in [1.807, 2.05) is 78.9 Å². The Morgan fingerprint density at radius 2 is 1.11 bits per heavy atom. The Morgan fingerprint density at radius 1 is 0.500 bits per heavy atom. The zero-order valence-electron chi connectivity index (χ0n) is 23.6. The maximum Gasteiger partial charge on any atom is 0.159 e. The number of rotatable bonds is 4. The van der Waals surface area contributed by atoms with E-state index in [0.717, 1.165) is 77.5 Å². The van der Waals surface area contributed by atoms with Crippen molar-refractivity contribution in [3.8, 4) is 11.1 Å². The van der Waals surface area contributed by atoms with Crippen LogP contribution in [-0.4, -0.2) is 11.7 Å². The Morgan fingerprint density at radius 3 is 1.86 bits per heavy atom. The van der Waals surface area contributed by atoms with Crippen molar-refractivity contribution < 1.29 is 8.83 Å². The van der Waals surface area contributed by atoms with Crippen molar-refractivity contribution in [2.24, 2.45) is 9.98 Å². The first-order valence-electron chi connectivity index (χ1n) is 14.7. The molecule has 0 aliphatic carbocycles. The van der Waals surface area contributed by atoms with E-state index in [1.165, 1.54) is 0 Å². The number of para-hydroxylation sites is 2. The zero-order valence-corrected chi connectivity index (χ0v) is 23.6. The third-order valence-electron chi connectivity index (χ3n) is 8.33. The summed E-state index contributed by atoms with van der Waals surface area (Å²) in [5, 5.41) is 7.93. The van der Waals surface area contributed by atoms with E-state index in [0.29, 0.717) is 5.84 Å². The van der Waals surface area contributed by atoms with Crippen LogP contribution in [0.5, 0.6) is 0 Å². The highest BCUT2D eigenvalue weighted by Crippen LogP contribution is 2.43. The second-order valence-electron chi connectivity index (χ2n) is 11.0. The third-order valence-corrected chi connectivity index (χ3v) is 8.33. The van der Waals surface area contributed by atoms with Gasteiger partial charge in [-0.15, -0.1) is 0 Å². The SMILES string of the molecule is c1ccc(C2=NC(c3ccccc3)NC(c3cc(-c4cccc5oc6ccccc6c45)c4c(c3)oc3ccccc34)=N2)cc1. The molecule has 9 rings (SSSR count). The molecule has 3 heterocycles. The van der Waals surface area contributed by atoms with Crippen LogP contribution in [0, 0.1) is 0 Å². The smallest absolute Gasteiger partial charge is 0.159 e. The van der Waals surface area contributed by atoms with Crippen molar-refractivity contribution in [1.29, 1.82) is 0 Å². The van der Waals surface area contributed by atoms with Crippen LogP contribution in [0.2, 0.25) is 0 Å². The van der Waals surface area contributed by atoms with Crippen LogP contribution in [0.25, 0.3) is 55.0 Å². The van der Waals surface area contributed by atoms with E-state index in [9.17, 15) is 0 Å². The molecule has 0 saturated heterocycles. The normalized spacial score (nSPS) is 15.0. The molecule has 44 heavy (non-hydrogen) atoms. The Hall–Kier alpha value is -5.94. The third kappa shape index (κ3) is 3.94. The molecule has 6 aromatic carbocycles. The van der Waals surface area contributed by atoms with Crippen LogP contribution in [-0.2, 0) is 0 Å². The number of hydrogen-bond donors (Lipinski definition) is 1. The molecule has 0 fully saturated rings. The largest absolute Gasteiger partial charge is 0.456 e. The molecule has 8 aromatic rings. The van der Waals surface area contributed by atoms with E-state index >= 15 is 0 Å². The fraction of sp³-hybridized carbons (Fsp3) is 0.0256. The lowest BCUT2D eigenvalue weighted by Crippen LogP contribution is -2.33.